The molecule has 14 nitrogen and oxygen atoms in total. The van der Waals surface area contributed by atoms with Gasteiger partial charge in [-0.3, -0.25) is 29.2 Å². The van der Waals surface area contributed by atoms with Crippen molar-refractivity contribution >= 4 is 47.4 Å². The molecule has 2 atom stereocenters. The Hall–Kier alpha value is -6.18. The third-order valence-corrected chi connectivity index (χ3v) is 9.04. The van der Waals surface area contributed by atoms with Crippen molar-refractivity contribution in [2.75, 3.05) is 55.6 Å². The molecule has 6 rings (SSSR count). The van der Waals surface area contributed by atoms with Crippen LogP contribution in [0.1, 0.15) is 40.0 Å². The number of likely N-dealkylation sites (N-methyl/N-ethyl adjacent to an activating group) is 2. The van der Waals surface area contributed by atoms with E-state index in [2.05, 4.69) is 9.98 Å². The van der Waals surface area contributed by atoms with E-state index < -0.39 is 0 Å². The van der Waals surface area contributed by atoms with Crippen molar-refractivity contribution in [2.24, 2.45) is 9.98 Å². The van der Waals surface area contributed by atoms with E-state index in [1.807, 2.05) is 0 Å². The van der Waals surface area contributed by atoms with Gasteiger partial charge in [-0.15, -0.1) is 0 Å². The molecule has 0 spiro atoms. The summed E-state index contributed by atoms with van der Waals surface area (Å²) in [5.74, 6) is 0.931. The maximum absolute atomic E-state index is 13.6. The molecule has 0 saturated carbocycles. The van der Waals surface area contributed by atoms with Crippen LogP contribution in [0.5, 0.6) is 23.0 Å². The van der Waals surface area contributed by atoms with E-state index in [1.54, 1.807) is 99.2 Å². The monoisotopic (exact) mass is 722 g/mol. The second-order valence-electron chi connectivity index (χ2n) is 13.2. The minimum atomic E-state index is -0.277. The van der Waals surface area contributed by atoms with Crippen LogP contribution in [0.4, 0.5) is 11.4 Å². The zero-order valence-corrected chi connectivity index (χ0v) is 30.6. The molecule has 1 unspecified atom stereocenters. The number of fused-ring (bicyclic) bond motifs is 4. The lowest BCUT2D eigenvalue weighted by molar-refractivity contribution is -0.124. The predicted octanol–water partition coefficient (Wildman–Crippen LogP) is 4.47. The van der Waals surface area contributed by atoms with Gasteiger partial charge in [-0.2, -0.15) is 0 Å². The molecule has 0 N–H and O–H groups in total. The van der Waals surface area contributed by atoms with Crippen LogP contribution < -0.4 is 18.9 Å². The molecule has 0 fully saturated rings. The molecule has 0 radical (unpaired) electrons. The van der Waals surface area contributed by atoms with Gasteiger partial charge in [-0.1, -0.05) is 12.2 Å². The predicted molar refractivity (Wildman–Crippen MR) is 199 cm³/mol. The number of ether oxygens (including phenoxy) is 4. The molecule has 4 aliphatic rings. The molecular weight excluding hydrogens is 680 g/mol. The molecule has 4 aliphatic heterocycles. The fourth-order valence-corrected chi connectivity index (χ4v) is 6.11. The molecule has 0 bridgehead atoms. The Morgan fingerprint density at radius 3 is 1.49 bits per heavy atom. The summed E-state index contributed by atoms with van der Waals surface area (Å²) in [6.07, 6.45) is 15.0. The fourth-order valence-electron chi connectivity index (χ4n) is 6.11. The molecule has 2 aromatic rings. The number of aliphatic imine (C=N–C) groups is 2. The van der Waals surface area contributed by atoms with Crippen LogP contribution in [0.15, 0.2) is 82.1 Å². The lowest BCUT2D eigenvalue weighted by Crippen LogP contribution is -2.32. The smallest absolute Gasteiger partial charge is 0.260 e. The summed E-state index contributed by atoms with van der Waals surface area (Å²) in [6, 6.07) is 6.10. The summed E-state index contributed by atoms with van der Waals surface area (Å²) in [5, 5.41) is 0. The number of hydrogen-bond acceptors (Lipinski definition) is 10. The van der Waals surface area contributed by atoms with Gasteiger partial charge in [0.2, 0.25) is 11.8 Å². The molecule has 276 valence electrons. The molecule has 14 heteroatoms. The fraction of sp³-hybridized carbons (Fsp3) is 0.333. The first-order chi connectivity index (χ1) is 25.5. The normalized spacial score (nSPS) is 18.5. The third kappa shape index (κ3) is 7.86. The number of benzene rings is 2. The van der Waals surface area contributed by atoms with Crippen molar-refractivity contribution < 1.29 is 38.1 Å². The molecule has 4 amide bonds. The zero-order valence-electron chi connectivity index (χ0n) is 30.6. The van der Waals surface area contributed by atoms with Crippen LogP contribution in [0, 0.1) is 0 Å². The summed E-state index contributed by atoms with van der Waals surface area (Å²) in [5.41, 5.74) is 3.40. The summed E-state index contributed by atoms with van der Waals surface area (Å²) >= 11 is 0. The number of rotatable bonds is 12. The van der Waals surface area contributed by atoms with Crippen LogP contribution in [0.3, 0.4) is 0 Å². The van der Waals surface area contributed by atoms with Crippen LogP contribution in [-0.4, -0.2) is 123 Å². The lowest BCUT2D eigenvalue weighted by Gasteiger charge is -2.19. The van der Waals surface area contributed by atoms with Gasteiger partial charge in [0.1, 0.15) is 0 Å². The van der Waals surface area contributed by atoms with E-state index in [-0.39, 0.29) is 48.9 Å². The van der Waals surface area contributed by atoms with Crippen molar-refractivity contribution in [3.05, 3.63) is 83.2 Å². The third-order valence-electron chi connectivity index (χ3n) is 9.04. The summed E-state index contributed by atoms with van der Waals surface area (Å²) in [6.45, 7) is 0.547. The summed E-state index contributed by atoms with van der Waals surface area (Å²) in [4.78, 5) is 66.5. The van der Waals surface area contributed by atoms with Crippen molar-refractivity contribution in [3.8, 4) is 23.0 Å². The van der Waals surface area contributed by atoms with Crippen LogP contribution in [-0.2, 0) is 9.59 Å². The van der Waals surface area contributed by atoms with Gasteiger partial charge >= 0.3 is 0 Å². The average molecular weight is 723 g/mol. The number of carbonyl (C=O) groups is 4. The Morgan fingerprint density at radius 1 is 0.698 bits per heavy atom. The maximum atomic E-state index is 13.6. The molecule has 0 aromatic heterocycles. The van der Waals surface area contributed by atoms with E-state index >= 15 is 0 Å². The first-order valence-electron chi connectivity index (χ1n) is 17.1. The first-order valence-corrected chi connectivity index (χ1v) is 17.1. The topological polar surface area (TPSA) is 143 Å². The molecule has 4 heterocycles. The van der Waals surface area contributed by atoms with E-state index in [4.69, 9.17) is 18.9 Å². The van der Waals surface area contributed by atoms with Gasteiger partial charge < -0.3 is 38.5 Å². The first kappa shape index (κ1) is 36.6. The van der Waals surface area contributed by atoms with Gasteiger partial charge in [0.15, 0.2) is 23.0 Å². The Bertz CT molecular complexity index is 1870. The SMILES string of the molecule is COc1cc2c(cc1OCCCOc1cc3c(cc1OC)C(=O)N1C=C(/C=C/C(=O)N(C)C)C[C@H]1C=N3)N=CC1CC(/C=C/C(=O)N(C)C)=CN1C2=O. The number of allylic oxidation sites excluding steroid dienone is 2. The Balaban J connectivity index is 1.08. The summed E-state index contributed by atoms with van der Waals surface area (Å²) in [7, 11) is 9.74. The number of methoxy groups -OCH3 is 2. The highest BCUT2D eigenvalue weighted by atomic mass is 16.5. The van der Waals surface area contributed by atoms with E-state index in [1.165, 1.54) is 36.2 Å². The highest BCUT2D eigenvalue weighted by Gasteiger charge is 2.34. The van der Waals surface area contributed by atoms with Gasteiger partial charge in [-0.05, 0) is 36.1 Å². The zero-order chi connectivity index (χ0) is 37.8. The van der Waals surface area contributed by atoms with Crippen LogP contribution in [0.25, 0.3) is 0 Å². The number of hydrogen-bond donors (Lipinski definition) is 0. The largest absolute Gasteiger partial charge is 0.493 e. The average Bonchev–Trinajstić information content (AvgIpc) is 3.70. The Labute approximate surface area is 307 Å². The van der Waals surface area contributed by atoms with Gasteiger partial charge in [0, 0.05) is 83.7 Å². The standard InChI is InChI=1S/C39H42N6O8/c1-42(2)36(46)10-8-24-14-26-20-40-30-18-34(32(50-5)16-28(30)38(48)44(26)22-24)52-12-7-13-53-35-19-31-29(17-33(35)51-6)39(49)45-23-25(15-27(45)21-41-31)9-11-37(47)43(3)4/h8-11,16-23,26-27H,7,12-15H2,1-6H3/b10-8+,11-9+/t26-,27?/m0/s1. The highest BCUT2D eigenvalue weighted by Crippen LogP contribution is 2.40. The Kier molecular flexibility index (Phi) is 10.8. The molecular formula is C39H42N6O8. The minimum absolute atomic E-state index is 0.137. The molecule has 0 aliphatic carbocycles. The van der Waals surface area contributed by atoms with Crippen molar-refractivity contribution in [1.29, 1.82) is 0 Å². The van der Waals surface area contributed by atoms with Crippen molar-refractivity contribution in [3.63, 3.8) is 0 Å². The number of amides is 4. The van der Waals surface area contributed by atoms with E-state index in [0.717, 1.165) is 11.1 Å². The Morgan fingerprint density at radius 2 is 1.11 bits per heavy atom. The van der Waals surface area contributed by atoms with Gasteiger partial charge in [0.25, 0.3) is 11.8 Å². The molecule has 0 saturated heterocycles. The van der Waals surface area contributed by atoms with Gasteiger partial charge in [0.05, 0.1) is 62.0 Å². The molecule has 2 aromatic carbocycles. The minimum Gasteiger partial charge on any atom is -0.493 e. The van der Waals surface area contributed by atoms with Gasteiger partial charge in [-0.25, -0.2) is 0 Å². The van der Waals surface area contributed by atoms with Crippen molar-refractivity contribution in [2.45, 2.75) is 31.3 Å². The van der Waals surface area contributed by atoms with Crippen LogP contribution >= 0.6 is 0 Å². The second-order valence-corrected chi connectivity index (χ2v) is 13.2. The van der Waals surface area contributed by atoms with E-state index in [9.17, 15) is 19.2 Å². The van der Waals surface area contributed by atoms with Crippen molar-refractivity contribution in [1.82, 2.24) is 19.6 Å². The summed E-state index contributed by atoms with van der Waals surface area (Å²) < 4.78 is 23.3. The maximum Gasteiger partial charge on any atom is 0.260 e. The quantitative estimate of drug-likeness (QED) is 0.231. The number of nitrogens with zero attached hydrogens (tertiary/aromatic N) is 6. The van der Waals surface area contributed by atoms with Crippen LogP contribution in [0.2, 0.25) is 0 Å². The second kappa shape index (κ2) is 15.6. The van der Waals surface area contributed by atoms with E-state index in [0.29, 0.717) is 64.8 Å². The number of carbonyl (C=O) groups excluding carboxylic acids is 4. The highest BCUT2D eigenvalue weighted by molar-refractivity contribution is 6.05. The lowest BCUT2D eigenvalue weighted by atomic mass is 10.1. The molecule has 53 heavy (non-hydrogen) atoms.